The molecule has 1 heterocycles. The standard InChI is InChI=1S/C11H21F3N2O/c12-11(13,14)6-3-4-9(16-15)8-10-5-1-2-7-17-10/h9-10,16H,1-8,15H2. The summed E-state index contributed by atoms with van der Waals surface area (Å²) in [6.45, 7) is 0.754. The van der Waals surface area contributed by atoms with Gasteiger partial charge < -0.3 is 4.74 Å². The average molecular weight is 254 g/mol. The van der Waals surface area contributed by atoms with Gasteiger partial charge in [0.1, 0.15) is 0 Å². The third kappa shape index (κ3) is 6.85. The lowest BCUT2D eigenvalue weighted by molar-refractivity contribution is -0.136. The smallest absolute Gasteiger partial charge is 0.378 e. The number of nitrogens with one attached hydrogen (secondary N) is 1. The monoisotopic (exact) mass is 254 g/mol. The maximum absolute atomic E-state index is 12.0. The van der Waals surface area contributed by atoms with Crippen molar-refractivity contribution >= 4 is 0 Å². The van der Waals surface area contributed by atoms with Crippen LogP contribution in [0.5, 0.6) is 0 Å². The van der Waals surface area contributed by atoms with E-state index in [4.69, 9.17) is 10.6 Å². The first-order valence-electron chi connectivity index (χ1n) is 6.16. The van der Waals surface area contributed by atoms with Crippen LogP contribution in [0.25, 0.3) is 0 Å². The quantitative estimate of drug-likeness (QED) is 0.565. The van der Waals surface area contributed by atoms with Gasteiger partial charge in [-0.05, 0) is 38.5 Å². The lowest BCUT2D eigenvalue weighted by Crippen LogP contribution is -2.39. The molecular formula is C11H21F3N2O. The highest BCUT2D eigenvalue weighted by atomic mass is 19.4. The van der Waals surface area contributed by atoms with Crippen molar-refractivity contribution in [2.24, 2.45) is 5.84 Å². The van der Waals surface area contributed by atoms with Crippen LogP contribution in [0.4, 0.5) is 13.2 Å². The lowest BCUT2D eigenvalue weighted by Gasteiger charge is -2.26. The van der Waals surface area contributed by atoms with E-state index in [-0.39, 0.29) is 18.6 Å². The van der Waals surface area contributed by atoms with E-state index in [1.54, 1.807) is 0 Å². The summed E-state index contributed by atoms with van der Waals surface area (Å²) in [7, 11) is 0. The van der Waals surface area contributed by atoms with E-state index < -0.39 is 12.6 Å². The van der Waals surface area contributed by atoms with Crippen molar-refractivity contribution in [3.63, 3.8) is 0 Å². The maximum atomic E-state index is 12.0. The zero-order valence-electron chi connectivity index (χ0n) is 9.93. The van der Waals surface area contributed by atoms with Gasteiger partial charge in [0, 0.05) is 19.1 Å². The van der Waals surface area contributed by atoms with E-state index in [1.165, 1.54) is 0 Å². The van der Waals surface area contributed by atoms with Gasteiger partial charge in [0.25, 0.3) is 0 Å². The highest BCUT2D eigenvalue weighted by Gasteiger charge is 2.27. The number of halogens is 3. The van der Waals surface area contributed by atoms with E-state index in [9.17, 15) is 13.2 Å². The molecule has 0 radical (unpaired) electrons. The first kappa shape index (κ1) is 14.7. The molecule has 1 aliphatic heterocycles. The van der Waals surface area contributed by atoms with Crippen LogP contribution >= 0.6 is 0 Å². The van der Waals surface area contributed by atoms with Crippen LogP contribution in [0, 0.1) is 0 Å². The number of hydrazine groups is 1. The molecule has 0 aliphatic carbocycles. The minimum atomic E-state index is -4.07. The Hall–Kier alpha value is -0.330. The number of hydrogen-bond acceptors (Lipinski definition) is 3. The van der Waals surface area contributed by atoms with Crippen LogP contribution in [0.2, 0.25) is 0 Å². The second-order valence-corrected chi connectivity index (χ2v) is 4.60. The third-order valence-corrected chi connectivity index (χ3v) is 3.07. The molecule has 3 nitrogen and oxygen atoms in total. The van der Waals surface area contributed by atoms with E-state index in [2.05, 4.69) is 5.43 Å². The molecule has 3 N–H and O–H groups in total. The van der Waals surface area contributed by atoms with Gasteiger partial charge in [-0.3, -0.25) is 11.3 Å². The van der Waals surface area contributed by atoms with Crippen LogP contribution in [0.3, 0.4) is 0 Å². The first-order valence-corrected chi connectivity index (χ1v) is 6.16. The minimum absolute atomic E-state index is 0.0829. The van der Waals surface area contributed by atoms with E-state index in [0.29, 0.717) is 12.8 Å². The van der Waals surface area contributed by atoms with Crippen molar-refractivity contribution in [2.45, 2.75) is 63.3 Å². The molecule has 1 fully saturated rings. The topological polar surface area (TPSA) is 47.3 Å². The number of ether oxygens (including phenoxy) is 1. The summed E-state index contributed by atoms with van der Waals surface area (Å²) < 4.78 is 41.5. The molecule has 1 saturated heterocycles. The van der Waals surface area contributed by atoms with Gasteiger partial charge in [-0.25, -0.2) is 0 Å². The summed E-state index contributed by atoms with van der Waals surface area (Å²) in [4.78, 5) is 0. The van der Waals surface area contributed by atoms with E-state index >= 15 is 0 Å². The fourth-order valence-corrected chi connectivity index (χ4v) is 2.13. The number of rotatable bonds is 6. The Kier molecular flexibility index (Phi) is 6.22. The Morgan fingerprint density at radius 3 is 2.65 bits per heavy atom. The molecule has 0 aromatic heterocycles. The van der Waals surface area contributed by atoms with E-state index in [1.807, 2.05) is 0 Å². The van der Waals surface area contributed by atoms with Crippen molar-refractivity contribution in [2.75, 3.05) is 6.61 Å². The maximum Gasteiger partial charge on any atom is 0.389 e. The normalized spacial score (nSPS) is 23.6. The van der Waals surface area contributed by atoms with Gasteiger partial charge in [-0.2, -0.15) is 13.2 Å². The van der Waals surface area contributed by atoms with Crippen molar-refractivity contribution in [3.8, 4) is 0 Å². The summed E-state index contributed by atoms with van der Waals surface area (Å²) in [5, 5.41) is 0. The fraction of sp³-hybridized carbons (Fsp3) is 1.00. The van der Waals surface area contributed by atoms with Gasteiger partial charge >= 0.3 is 6.18 Å². The van der Waals surface area contributed by atoms with Crippen LogP contribution in [0.1, 0.15) is 44.9 Å². The van der Waals surface area contributed by atoms with Gasteiger partial charge in [0.15, 0.2) is 0 Å². The van der Waals surface area contributed by atoms with Crippen LogP contribution in [-0.4, -0.2) is 24.9 Å². The Bertz CT molecular complexity index is 205. The Morgan fingerprint density at radius 2 is 2.12 bits per heavy atom. The molecule has 0 aromatic rings. The molecule has 1 rings (SSSR count). The van der Waals surface area contributed by atoms with E-state index in [0.717, 1.165) is 25.9 Å². The summed E-state index contributed by atoms with van der Waals surface area (Å²) in [6, 6.07) is -0.0829. The molecule has 0 amide bonds. The predicted molar refractivity (Wildman–Crippen MR) is 59.2 cm³/mol. The van der Waals surface area contributed by atoms with Gasteiger partial charge in [0.05, 0.1) is 6.10 Å². The second-order valence-electron chi connectivity index (χ2n) is 4.60. The largest absolute Gasteiger partial charge is 0.389 e. The van der Waals surface area contributed by atoms with Crippen LogP contribution in [-0.2, 0) is 4.74 Å². The molecule has 0 aromatic carbocycles. The summed E-state index contributed by atoms with van der Waals surface area (Å²) in [5.74, 6) is 5.35. The number of nitrogens with two attached hydrogens (primary N) is 1. The summed E-state index contributed by atoms with van der Waals surface area (Å²) >= 11 is 0. The second kappa shape index (κ2) is 7.18. The molecule has 102 valence electrons. The average Bonchev–Trinajstić information content (AvgIpc) is 2.27. The zero-order valence-corrected chi connectivity index (χ0v) is 9.93. The fourth-order valence-electron chi connectivity index (χ4n) is 2.13. The molecule has 0 spiro atoms. The Balaban J connectivity index is 2.18. The minimum Gasteiger partial charge on any atom is -0.378 e. The van der Waals surface area contributed by atoms with Crippen LogP contribution in [0.15, 0.2) is 0 Å². The van der Waals surface area contributed by atoms with Crippen molar-refractivity contribution < 1.29 is 17.9 Å². The molecule has 1 aliphatic rings. The molecule has 2 atom stereocenters. The molecule has 17 heavy (non-hydrogen) atoms. The molecular weight excluding hydrogens is 233 g/mol. The molecule has 0 bridgehead atoms. The molecule has 2 unspecified atom stereocenters. The van der Waals surface area contributed by atoms with Gasteiger partial charge in [0.2, 0.25) is 0 Å². The highest BCUT2D eigenvalue weighted by Crippen LogP contribution is 2.24. The first-order chi connectivity index (χ1) is 8.01. The summed E-state index contributed by atoms with van der Waals surface area (Å²) in [6.07, 6.45) is -0.213. The SMILES string of the molecule is NNC(CCCC(F)(F)F)CC1CCCCO1. The van der Waals surface area contributed by atoms with Crippen molar-refractivity contribution in [3.05, 3.63) is 0 Å². The van der Waals surface area contributed by atoms with Crippen LogP contribution < -0.4 is 11.3 Å². The zero-order chi connectivity index (χ0) is 12.7. The van der Waals surface area contributed by atoms with Gasteiger partial charge in [-0.15, -0.1) is 0 Å². The van der Waals surface area contributed by atoms with Gasteiger partial charge in [-0.1, -0.05) is 0 Å². The molecule has 6 heteroatoms. The number of hydrogen-bond donors (Lipinski definition) is 2. The molecule has 0 saturated carbocycles. The number of alkyl halides is 3. The Labute approximate surface area is 99.9 Å². The summed E-state index contributed by atoms with van der Waals surface area (Å²) in [5.41, 5.74) is 2.59. The highest BCUT2D eigenvalue weighted by molar-refractivity contribution is 4.73. The van der Waals surface area contributed by atoms with Crippen molar-refractivity contribution in [1.29, 1.82) is 0 Å². The lowest BCUT2D eigenvalue weighted by atomic mass is 9.98. The Morgan fingerprint density at radius 1 is 1.35 bits per heavy atom. The predicted octanol–water partition coefficient (Wildman–Crippen LogP) is 2.51. The van der Waals surface area contributed by atoms with Crippen molar-refractivity contribution in [1.82, 2.24) is 5.43 Å². The third-order valence-electron chi connectivity index (χ3n) is 3.07.